The highest BCUT2D eigenvalue weighted by Gasteiger charge is 1.81. The van der Waals surface area contributed by atoms with Crippen LogP contribution in [0.3, 0.4) is 0 Å². The molecule has 1 rings (SSSR count). The highest BCUT2D eigenvalue weighted by atomic mass is 35.5. The molecule has 4 nitrogen and oxygen atoms in total. The Labute approximate surface area is 75.6 Å². The first-order chi connectivity index (χ1) is 5.85. The van der Waals surface area contributed by atoms with E-state index in [-0.39, 0.29) is 5.88 Å². The molecule has 12 heavy (non-hydrogen) atoms. The molecular weight excluding hydrogens is 176 g/mol. The van der Waals surface area contributed by atoms with Gasteiger partial charge in [-0.2, -0.15) is 15.6 Å². The lowest BCUT2D eigenvalue weighted by Crippen LogP contribution is -1.93. The highest BCUT2D eigenvalue weighted by molar-refractivity contribution is 6.19. The average molecular weight is 183 g/mol. The van der Waals surface area contributed by atoms with Crippen molar-refractivity contribution in [2.75, 3.05) is 5.88 Å². The molecule has 1 heterocycles. The van der Waals surface area contributed by atoms with Gasteiger partial charge in [0.15, 0.2) is 0 Å². The van der Waals surface area contributed by atoms with Gasteiger partial charge in [-0.05, 0) is 6.07 Å². The van der Waals surface area contributed by atoms with Crippen LogP contribution in [-0.4, -0.2) is 15.7 Å². The minimum absolute atomic E-state index is 0.0972. The van der Waals surface area contributed by atoms with Crippen LogP contribution in [0.2, 0.25) is 0 Å². The van der Waals surface area contributed by atoms with Gasteiger partial charge in [0.1, 0.15) is 12.4 Å². The minimum Gasteiger partial charge on any atom is -0.259 e. The van der Waals surface area contributed by atoms with E-state index in [9.17, 15) is 0 Å². The van der Waals surface area contributed by atoms with Gasteiger partial charge in [-0.1, -0.05) is 0 Å². The minimum atomic E-state index is 0.0972. The number of halogens is 1. The summed E-state index contributed by atoms with van der Waals surface area (Å²) in [6, 6.07) is 5.46. The molecule has 0 N–H and O–H groups in total. The first kappa shape index (κ1) is 10.5. The third-order valence-electron chi connectivity index (χ3n) is 0.852. The van der Waals surface area contributed by atoms with Crippen LogP contribution in [0.15, 0.2) is 18.5 Å². The molecule has 0 aliphatic carbocycles. The van der Waals surface area contributed by atoms with Gasteiger partial charge in [0.25, 0.3) is 0 Å². The number of nitriles is 2. The van der Waals surface area contributed by atoms with E-state index in [1.807, 2.05) is 6.07 Å². The first-order valence-corrected chi connectivity index (χ1v) is 3.66. The zero-order chi connectivity index (χ0) is 9.23. The van der Waals surface area contributed by atoms with Gasteiger partial charge < -0.3 is 0 Å². The molecular formula is C7H7ClN4. The van der Waals surface area contributed by atoms with Crippen molar-refractivity contribution in [3.8, 4) is 12.1 Å². The number of alkyl halides is 1. The van der Waals surface area contributed by atoms with E-state index in [2.05, 4.69) is 5.10 Å². The summed E-state index contributed by atoms with van der Waals surface area (Å²) in [6.07, 6.45) is 3.40. The Hall–Kier alpha value is -1.52. The zero-order valence-corrected chi connectivity index (χ0v) is 7.07. The lowest BCUT2D eigenvalue weighted by Gasteiger charge is -1.85. The second-order valence-corrected chi connectivity index (χ2v) is 1.92. The fourth-order valence-electron chi connectivity index (χ4n) is 0.466. The first-order valence-electron chi connectivity index (χ1n) is 3.12. The largest absolute Gasteiger partial charge is 0.259 e. The maximum atomic E-state index is 8.13. The number of nitrogens with zero attached hydrogens (tertiary/aromatic N) is 4. The molecule has 0 amide bonds. The average Bonchev–Trinajstić information content (AvgIpc) is 2.58. The van der Waals surface area contributed by atoms with Gasteiger partial charge in [-0.3, -0.25) is 4.68 Å². The van der Waals surface area contributed by atoms with E-state index >= 15 is 0 Å². The molecule has 1 aromatic heterocycles. The van der Waals surface area contributed by atoms with Crippen molar-refractivity contribution >= 4 is 11.6 Å². The molecule has 0 atom stereocenters. The van der Waals surface area contributed by atoms with Crippen molar-refractivity contribution in [3.05, 3.63) is 18.5 Å². The fraction of sp³-hybridized carbons (Fsp3) is 0.286. The summed E-state index contributed by atoms with van der Waals surface area (Å²) in [7, 11) is 0. The van der Waals surface area contributed by atoms with E-state index in [1.54, 1.807) is 29.2 Å². The molecule has 0 aliphatic heterocycles. The van der Waals surface area contributed by atoms with Gasteiger partial charge in [0, 0.05) is 12.4 Å². The van der Waals surface area contributed by atoms with E-state index in [4.69, 9.17) is 22.1 Å². The molecule has 0 bridgehead atoms. The number of aromatic nitrogens is 2. The Balaban J connectivity index is 0.000000261. The van der Waals surface area contributed by atoms with Crippen LogP contribution >= 0.6 is 11.6 Å². The predicted molar refractivity (Wildman–Crippen MR) is 44.2 cm³/mol. The predicted octanol–water partition coefficient (Wildman–Crippen LogP) is 1.16. The van der Waals surface area contributed by atoms with Gasteiger partial charge >= 0.3 is 0 Å². The summed E-state index contributed by atoms with van der Waals surface area (Å²) in [5, 5.41) is 19.4. The monoisotopic (exact) mass is 182 g/mol. The standard InChI is InChI=1S/C5H5N3.C2H2ClN/c6-2-5-8-4-1-3-7-8;3-1-2-4/h1,3-4H,5H2;1H2. The Morgan fingerprint density at radius 1 is 1.42 bits per heavy atom. The summed E-state index contributed by atoms with van der Waals surface area (Å²) >= 11 is 4.82. The fourth-order valence-corrected chi connectivity index (χ4v) is 0.466. The van der Waals surface area contributed by atoms with Crippen LogP contribution in [0.5, 0.6) is 0 Å². The van der Waals surface area contributed by atoms with E-state index in [0.29, 0.717) is 6.54 Å². The summed E-state index contributed by atoms with van der Waals surface area (Å²) in [5.41, 5.74) is 0. The lowest BCUT2D eigenvalue weighted by atomic mass is 10.7. The Kier molecular flexibility index (Phi) is 6.62. The molecule has 62 valence electrons. The maximum absolute atomic E-state index is 8.13. The second kappa shape index (κ2) is 7.59. The van der Waals surface area contributed by atoms with Crippen molar-refractivity contribution < 1.29 is 0 Å². The number of hydrogen-bond acceptors (Lipinski definition) is 3. The molecule has 1 aromatic rings. The highest BCUT2D eigenvalue weighted by Crippen LogP contribution is 1.80. The topological polar surface area (TPSA) is 65.4 Å². The molecule has 0 fully saturated rings. The second-order valence-electron chi connectivity index (χ2n) is 1.65. The summed E-state index contributed by atoms with van der Waals surface area (Å²) in [6.45, 7) is 0.340. The van der Waals surface area contributed by atoms with Crippen LogP contribution in [0, 0.1) is 22.7 Å². The Bertz CT molecular complexity index is 267. The van der Waals surface area contributed by atoms with Crippen molar-refractivity contribution in [1.29, 1.82) is 10.5 Å². The Morgan fingerprint density at radius 3 is 2.42 bits per heavy atom. The molecule has 0 radical (unpaired) electrons. The maximum Gasteiger partial charge on any atom is 0.128 e. The molecule has 0 aromatic carbocycles. The number of rotatable bonds is 1. The van der Waals surface area contributed by atoms with E-state index < -0.39 is 0 Å². The van der Waals surface area contributed by atoms with Crippen LogP contribution in [0.4, 0.5) is 0 Å². The molecule has 0 unspecified atom stereocenters. The van der Waals surface area contributed by atoms with Gasteiger partial charge in [0.05, 0.1) is 12.1 Å². The molecule has 0 saturated carbocycles. The molecule has 0 saturated heterocycles. The smallest absolute Gasteiger partial charge is 0.128 e. The lowest BCUT2D eigenvalue weighted by molar-refractivity contribution is 0.710. The summed E-state index contributed by atoms with van der Waals surface area (Å²) < 4.78 is 1.57. The van der Waals surface area contributed by atoms with Crippen LogP contribution in [0.25, 0.3) is 0 Å². The quantitative estimate of drug-likeness (QED) is 0.612. The van der Waals surface area contributed by atoms with Crippen molar-refractivity contribution in [2.24, 2.45) is 0 Å². The third kappa shape index (κ3) is 5.28. The van der Waals surface area contributed by atoms with Crippen molar-refractivity contribution in [2.45, 2.75) is 6.54 Å². The van der Waals surface area contributed by atoms with Gasteiger partial charge in [-0.25, -0.2) is 0 Å². The van der Waals surface area contributed by atoms with Crippen LogP contribution < -0.4 is 0 Å². The van der Waals surface area contributed by atoms with E-state index in [1.165, 1.54) is 0 Å². The number of hydrogen-bond donors (Lipinski definition) is 0. The SMILES string of the molecule is N#CCCl.N#CCn1cccn1. The Morgan fingerprint density at radius 2 is 2.08 bits per heavy atom. The van der Waals surface area contributed by atoms with Crippen molar-refractivity contribution in [3.63, 3.8) is 0 Å². The summed E-state index contributed by atoms with van der Waals surface area (Å²) in [5.74, 6) is 0.0972. The zero-order valence-electron chi connectivity index (χ0n) is 6.31. The van der Waals surface area contributed by atoms with Gasteiger partial charge in [-0.15, -0.1) is 11.6 Å². The van der Waals surface area contributed by atoms with Crippen LogP contribution in [-0.2, 0) is 6.54 Å². The third-order valence-corrected chi connectivity index (χ3v) is 0.971. The molecule has 5 heteroatoms. The van der Waals surface area contributed by atoms with E-state index in [0.717, 1.165) is 0 Å². The molecule has 0 aliphatic rings. The molecule has 0 spiro atoms. The van der Waals surface area contributed by atoms with Gasteiger partial charge in [0.2, 0.25) is 0 Å². The normalized spacial score (nSPS) is 7.25. The van der Waals surface area contributed by atoms with Crippen LogP contribution in [0.1, 0.15) is 0 Å². The summed E-state index contributed by atoms with van der Waals surface area (Å²) in [4.78, 5) is 0. The van der Waals surface area contributed by atoms with Crippen molar-refractivity contribution in [1.82, 2.24) is 9.78 Å².